The Hall–Kier alpha value is -4.83. The van der Waals surface area contributed by atoms with Crippen molar-refractivity contribution in [2.75, 3.05) is 29.3 Å². The fourth-order valence-electron chi connectivity index (χ4n) is 4.35. The number of carbonyl (C=O) groups excluding carboxylic acids is 2. The van der Waals surface area contributed by atoms with Crippen molar-refractivity contribution < 1.29 is 27.5 Å². The van der Waals surface area contributed by atoms with E-state index in [-0.39, 0.29) is 29.9 Å². The van der Waals surface area contributed by atoms with Gasteiger partial charge in [-0.1, -0.05) is 60.7 Å². The summed E-state index contributed by atoms with van der Waals surface area (Å²) in [6.07, 6.45) is -0.208. The Balaban J connectivity index is 1.19. The van der Waals surface area contributed by atoms with Gasteiger partial charge in [0, 0.05) is 12.2 Å². The summed E-state index contributed by atoms with van der Waals surface area (Å²) in [5.74, 6) is 0.0740. The molecular formula is C31H29N3O6S. The monoisotopic (exact) mass is 571 g/mol. The number of carbonyl (C=O) groups is 2. The number of fused-ring (bicyclic) bond motifs is 1. The zero-order chi connectivity index (χ0) is 28.7. The molecule has 4 aromatic carbocycles. The van der Waals surface area contributed by atoms with Crippen molar-refractivity contribution in [1.82, 2.24) is 5.32 Å². The van der Waals surface area contributed by atoms with E-state index in [4.69, 9.17) is 9.47 Å². The smallest absolute Gasteiger partial charge is 0.265 e. The summed E-state index contributed by atoms with van der Waals surface area (Å²) in [5.41, 5.74) is 2.10. The zero-order valence-corrected chi connectivity index (χ0v) is 22.9. The predicted octanol–water partition coefficient (Wildman–Crippen LogP) is 4.02. The molecule has 10 heteroatoms. The van der Waals surface area contributed by atoms with Crippen LogP contribution in [0.1, 0.15) is 5.56 Å². The van der Waals surface area contributed by atoms with Crippen molar-refractivity contribution in [3.8, 4) is 11.5 Å². The maximum atomic E-state index is 13.2. The third-order valence-corrected chi connectivity index (χ3v) is 7.84. The van der Waals surface area contributed by atoms with Crippen molar-refractivity contribution in [2.45, 2.75) is 17.4 Å². The second-order valence-corrected chi connectivity index (χ2v) is 11.0. The van der Waals surface area contributed by atoms with Crippen LogP contribution in [0.15, 0.2) is 114 Å². The molecule has 0 saturated carbocycles. The molecule has 0 radical (unpaired) electrons. The van der Waals surface area contributed by atoms with Gasteiger partial charge in [-0.05, 0) is 60.5 Å². The van der Waals surface area contributed by atoms with Crippen molar-refractivity contribution in [3.63, 3.8) is 0 Å². The topological polar surface area (TPSA) is 114 Å². The SMILES string of the molecule is O=C(NCCc1ccccc1)[C@@H]1CN(C(=O)COc2ccc(S(=O)(=O)Nc3ccccc3)cc2)c2ccccc2O1. The van der Waals surface area contributed by atoms with Gasteiger partial charge in [-0.3, -0.25) is 14.3 Å². The Morgan fingerprint density at radius 3 is 2.24 bits per heavy atom. The Kier molecular flexibility index (Phi) is 8.50. The third-order valence-electron chi connectivity index (χ3n) is 6.45. The van der Waals surface area contributed by atoms with E-state index in [1.54, 1.807) is 54.6 Å². The van der Waals surface area contributed by atoms with Gasteiger partial charge >= 0.3 is 0 Å². The lowest BCUT2D eigenvalue weighted by molar-refractivity contribution is -0.128. The number of sulfonamides is 1. The first kappa shape index (κ1) is 27.7. The summed E-state index contributed by atoms with van der Waals surface area (Å²) < 4.78 is 39.5. The van der Waals surface area contributed by atoms with Gasteiger partial charge in [0.1, 0.15) is 11.5 Å². The van der Waals surface area contributed by atoms with E-state index >= 15 is 0 Å². The van der Waals surface area contributed by atoms with Crippen molar-refractivity contribution >= 4 is 33.2 Å². The molecule has 0 bridgehead atoms. The lowest BCUT2D eigenvalue weighted by Gasteiger charge is -2.34. The average Bonchev–Trinajstić information content (AvgIpc) is 3.00. The zero-order valence-electron chi connectivity index (χ0n) is 22.1. The summed E-state index contributed by atoms with van der Waals surface area (Å²) in [4.78, 5) is 27.7. The number of ether oxygens (including phenoxy) is 2. The summed E-state index contributed by atoms with van der Waals surface area (Å²) in [6.45, 7) is 0.151. The number of hydrogen-bond acceptors (Lipinski definition) is 6. The first-order chi connectivity index (χ1) is 19.9. The number of nitrogens with one attached hydrogen (secondary N) is 2. The van der Waals surface area contributed by atoms with Crippen LogP contribution in [0.4, 0.5) is 11.4 Å². The molecule has 0 aromatic heterocycles. The van der Waals surface area contributed by atoms with Gasteiger partial charge in [0.25, 0.3) is 21.8 Å². The van der Waals surface area contributed by atoms with Gasteiger partial charge in [0.2, 0.25) is 0 Å². The number of nitrogens with zero attached hydrogens (tertiary/aromatic N) is 1. The normalized spacial score (nSPS) is 14.3. The Labute approximate surface area is 238 Å². The van der Waals surface area contributed by atoms with Gasteiger partial charge in [0.05, 0.1) is 17.1 Å². The molecule has 1 atom stereocenters. The predicted molar refractivity (Wildman–Crippen MR) is 156 cm³/mol. The third kappa shape index (κ3) is 7.03. The molecule has 210 valence electrons. The number of hydrogen-bond donors (Lipinski definition) is 2. The van der Waals surface area contributed by atoms with Crippen LogP contribution in [0.5, 0.6) is 11.5 Å². The highest BCUT2D eigenvalue weighted by atomic mass is 32.2. The number of benzene rings is 4. The van der Waals surface area contributed by atoms with Crippen LogP contribution in [0.3, 0.4) is 0 Å². The van der Waals surface area contributed by atoms with Gasteiger partial charge in [-0.25, -0.2) is 8.42 Å². The summed E-state index contributed by atoms with van der Waals surface area (Å²) >= 11 is 0. The molecule has 5 rings (SSSR count). The maximum absolute atomic E-state index is 13.2. The van der Waals surface area contributed by atoms with E-state index in [0.717, 1.165) is 5.56 Å². The molecule has 1 heterocycles. The lowest BCUT2D eigenvalue weighted by Crippen LogP contribution is -2.52. The summed E-state index contributed by atoms with van der Waals surface area (Å²) in [7, 11) is -3.78. The minimum atomic E-state index is -3.78. The Bertz CT molecular complexity index is 1600. The molecule has 4 aromatic rings. The number of anilines is 2. The van der Waals surface area contributed by atoms with Crippen molar-refractivity contribution in [2.24, 2.45) is 0 Å². The summed E-state index contributed by atoms with van der Waals surface area (Å²) in [6, 6.07) is 31.2. The number of para-hydroxylation sites is 3. The van der Waals surface area contributed by atoms with Crippen LogP contribution in [0.25, 0.3) is 0 Å². The fourth-order valence-corrected chi connectivity index (χ4v) is 5.41. The number of amides is 2. The number of rotatable bonds is 10. The molecule has 1 aliphatic rings. The van der Waals surface area contributed by atoms with E-state index in [0.29, 0.717) is 35.8 Å². The van der Waals surface area contributed by atoms with Crippen molar-refractivity contribution in [1.29, 1.82) is 0 Å². The maximum Gasteiger partial charge on any atom is 0.265 e. The highest BCUT2D eigenvalue weighted by Gasteiger charge is 2.33. The minimum Gasteiger partial charge on any atom is -0.484 e. The molecule has 0 spiro atoms. The molecule has 0 saturated heterocycles. The lowest BCUT2D eigenvalue weighted by atomic mass is 10.1. The standard InChI is InChI=1S/C31H29N3O6S/c35-30(22-39-25-15-17-26(18-16-25)41(37,38)33-24-11-5-2-6-12-24)34-21-29(40-28-14-8-7-13-27(28)34)31(36)32-20-19-23-9-3-1-4-10-23/h1-18,29,33H,19-22H2,(H,32,36)/t29-/m0/s1. The average molecular weight is 572 g/mol. The second-order valence-electron chi connectivity index (χ2n) is 9.34. The highest BCUT2D eigenvalue weighted by molar-refractivity contribution is 7.92. The molecule has 2 amide bonds. The van der Waals surface area contributed by atoms with Gasteiger partial charge in [0.15, 0.2) is 12.7 Å². The molecule has 0 fully saturated rings. The van der Waals surface area contributed by atoms with Crippen LogP contribution in [-0.4, -0.2) is 46.0 Å². The summed E-state index contributed by atoms with van der Waals surface area (Å²) in [5, 5.41) is 2.89. The first-order valence-electron chi connectivity index (χ1n) is 13.1. The molecule has 2 N–H and O–H groups in total. The van der Waals surface area contributed by atoms with Crippen LogP contribution >= 0.6 is 0 Å². The van der Waals surface area contributed by atoms with Crippen LogP contribution < -0.4 is 24.4 Å². The molecule has 41 heavy (non-hydrogen) atoms. The van der Waals surface area contributed by atoms with Gasteiger partial charge in [-0.15, -0.1) is 0 Å². The highest BCUT2D eigenvalue weighted by Crippen LogP contribution is 2.33. The molecule has 9 nitrogen and oxygen atoms in total. The first-order valence-corrected chi connectivity index (χ1v) is 14.6. The van der Waals surface area contributed by atoms with Gasteiger partial charge in [-0.2, -0.15) is 0 Å². The second kappa shape index (κ2) is 12.6. The minimum absolute atomic E-state index is 0.0265. The van der Waals surface area contributed by atoms with Crippen molar-refractivity contribution in [3.05, 3.63) is 115 Å². The van der Waals surface area contributed by atoms with E-state index < -0.39 is 16.1 Å². The fraction of sp³-hybridized carbons (Fsp3) is 0.161. The molecule has 0 aliphatic carbocycles. The Morgan fingerprint density at radius 1 is 0.854 bits per heavy atom. The van der Waals surface area contributed by atoms with E-state index in [1.165, 1.54) is 29.2 Å². The van der Waals surface area contributed by atoms with Crippen LogP contribution in [0.2, 0.25) is 0 Å². The molecule has 1 aliphatic heterocycles. The van der Waals surface area contributed by atoms with Crippen LogP contribution in [-0.2, 0) is 26.0 Å². The van der Waals surface area contributed by atoms with E-state index in [9.17, 15) is 18.0 Å². The Morgan fingerprint density at radius 2 is 1.51 bits per heavy atom. The largest absolute Gasteiger partial charge is 0.484 e. The van der Waals surface area contributed by atoms with E-state index in [1.807, 2.05) is 30.3 Å². The molecule has 0 unspecified atom stereocenters. The van der Waals surface area contributed by atoms with Crippen LogP contribution in [0, 0.1) is 0 Å². The quantitative estimate of drug-likeness (QED) is 0.297. The van der Waals surface area contributed by atoms with E-state index in [2.05, 4.69) is 10.0 Å². The molecular weight excluding hydrogens is 542 g/mol. The van der Waals surface area contributed by atoms with Gasteiger partial charge < -0.3 is 19.7 Å².